The number of likely N-dealkylation sites (tertiary alicyclic amines) is 1. The molecule has 100 valence electrons. The maximum absolute atomic E-state index is 6.08. The van der Waals surface area contributed by atoms with Gasteiger partial charge in [-0.3, -0.25) is 4.90 Å². The molecule has 0 spiro atoms. The SMILES string of the molecule is CC1CCC(CN)CN1C(C)c1cccc(Cl)c1. The molecule has 0 bridgehead atoms. The normalized spacial score (nSPS) is 27.1. The summed E-state index contributed by atoms with van der Waals surface area (Å²) in [5.41, 5.74) is 7.12. The lowest BCUT2D eigenvalue weighted by atomic mass is 9.91. The van der Waals surface area contributed by atoms with Crippen molar-refractivity contribution in [3.05, 3.63) is 34.9 Å². The maximum Gasteiger partial charge on any atom is 0.0409 e. The number of nitrogens with zero attached hydrogens (tertiary/aromatic N) is 1. The molecule has 1 aliphatic heterocycles. The standard InChI is InChI=1S/C15H23ClN2/c1-11-6-7-13(9-17)10-18(11)12(2)14-4-3-5-15(16)8-14/h3-5,8,11-13H,6-7,9-10,17H2,1-2H3. The summed E-state index contributed by atoms with van der Waals surface area (Å²) in [4.78, 5) is 2.56. The molecule has 1 aromatic rings. The molecule has 2 nitrogen and oxygen atoms in total. The minimum atomic E-state index is 0.410. The Kier molecular flexibility index (Phi) is 4.66. The molecule has 0 radical (unpaired) electrons. The maximum atomic E-state index is 6.08. The Balaban J connectivity index is 2.13. The van der Waals surface area contributed by atoms with Crippen molar-refractivity contribution in [2.75, 3.05) is 13.1 Å². The zero-order valence-electron chi connectivity index (χ0n) is 11.3. The fourth-order valence-electron chi connectivity index (χ4n) is 2.90. The van der Waals surface area contributed by atoms with Crippen LogP contribution in [0.5, 0.6) is 0 Å². The minimum Gasteiger partial charge on any atom is -0.330 e. The molecule has 0 aromatic heterocycles. The Morgan fingerprint density at radius 2 is 2.22 bits per heavy atom. The molecule has 0 amide bonds. The van der Waals surface area contributed by atoms with Crippen molar-refractivity contribution >= 4 is 11.6 Å². The van der Waals surface area contributed by atoms with Crippen molar-refractivity contribution in [3.63, 3.8) is 0 Å². The van der Waals surface area contributed by atoms with Crippen LogP contribution < -0.4 is 5.73 Å². The quantitative estimate of drug-likeness (QED) is 0.908. The van der Waals surface area contributed by atoms with Crippen molar-refractivity contribution in [1.82, 2.24) is 4.90 Å². The van der Waals surface area contributed by atoms with Gasteiger partial charge in [0.15, 0.2) is 0 Å². The van der Waals surface area contributed by atoms with Crippen LogP contribution in [0.25, 0.3) is 0 Å². The van der Waals surface area contributed by atoms with E-state index in [0.717, 1.165) is 18.1 Å². The van der Waals surface area contributed by atoms with Crippen LogP contribution in [0.3, 0.4) is 0 Å². The monoisotopic (exact) mass is 266 g/mol. The lowest BCUT2D eigenvalue weighted by Crippen LogP contribution is -2.44. The van der Waals surface area contributed by atoms with Crippen LogP contribution in [-0.4, -0.2) is 24.0 Å². The molecular formula is C15H23ClN2. The summed E-state index contributed by atoms with van der Waals surface area (Å²) in [6.45, 7) is 6.48. The number of benzene rings is 1. The number of piperidine rings is 1. The first-order chi connectivity index (χ1) is 8.61. The van der Waals surface area contributed by atoms with Gasteiger partial charge in [-0.2, -0.15) is 0 Å². The Bertz CT molecular complexity index is 394. The summed E-state index contributed by atoms with van der Waals surface area (Å²) in [6.07, 6.45) is 2.50. The highest BCUT2D eigenvalue weighted by Gasteiger charge is 2.28. The van der Waals surface area contributed by atoms with Crippen molar-refractivity contribution in [2.45, 2.75) is 38.8 Å². The zero-order valence-corrected chi connectivity index (χ0v) is 12.0. The van der Waals surface area contributed by atoms with Gasteiger partial charge < -0.3 is 5.73 Å². The second-order valence-corrected chi connectivity index (χ2v) is 5.89. The summed E-state index contributed by atoms with van der Waals surface area (Å²) in [7, 11) is 0. The molecule has 3 heteroatoms. The molecule has 1 aliphatic rings. The van der Waals surface area contributed by atoms with Gasteiger partial charge in [-0.1, -0.05) is 23.7 Å². The van der Waals surface area contributed by atoms with Gasteiger partial charge in [0, 0.05) is 23.7 Å². The summed E-state index contributed by atoms with van der Waals surface area (Å²) in [6, 6.07) is 9.23. The molecule has 3 atom stereocenters. The first-order valence-corrected chi connectivity index (χ1v) is 7.21. The summed E-state index contributed by atoms with van der Waals surface area (Å²) in [5.74, 6) is 0.642. The molecule has 2 N–H and O–H groups in total. The molecule has 1 heterocycles. The Labute approximate surface area is 115 Å². The molecule has 1 aromatic carbocycles. The van der Waals surface area contributed by atoms with Crippen molar-refractivity contribution in [1.29, 1.82) is 0 Å². The van der Waals surface area contributed by atoms with Gasteiger partial charge in [-0.25, -0.2) is 0 Å². The van der Waals surface area contributed by atoms with Crippen LogP contribution in [0.1, 0.15) is 38.3 Å². The zero-order chi connectivity index (χ0) is 13.1. The van der Waals surface area contributed by atoms with E-state index in [9.17, 15) is 0 Å². The molecule has 0 aliphatic carbocycles. The molecule has 1 fully saturated rings. The molecule has 3 unspecified atom stereocenters. The van der Waals surface area contributed by atoms with Crippen molar-refractivity contribution in [3.8, 4) is 0 Å². The van der Waals surface area contributed by atoms with Gasteiger partial charge in [-0.05, 0) is 56.8 Å². The largest absolute Gasteiger partial charge is 0.330 e. The predicted octanol–water partition coefficient (Wildman–Crippen LogP) is 3.46. The first-order valence-electron chi connectivity index (χ1n) is 6.83. The first kappa shape index (κ1) is 13.9. The lowest BCUT2D eigenvalue weighted by molar-refractivity contribution is 0.0813. The van der Waals surface area contributed by atoms with E-state index in [-0.39, 0.29) is 0 Å². The summed E-state index contributed by atoms with van der Waals surface area (Å²) < 4.78 is 0. The van der Waals surface area contributed by atoms with Gasteiger partial charge in [0.25, 0.3) is 0 Å². The highest BCUT2D eigenvalue weighted by atomic mass is 35.5. The van der Waals surface area contributed by atoms with Crippen LogP contribution in [0.4, 0.5) is 0 Å². The number of halogens is 1. The third-order valence-electron chi connectivity index (χ3n) is 4.19. The molecular weight excluding hydrogens is 244 g/mol. The third-order valence-corrected chi connectivity index (χ3v) is 4.42. The number of nitrogens with two attached hydrogens (primary N) is 1. The Morgan fingerprint density at radius 3 is 2.89 bits per heavy atom. The smallest absolute Gasteiger partial charge is 0.0409 e. The highest BCUT2D eigenvalue weighted by Crippen LogP contribution is 2.31. The van der Waals surface area contributed by atoms with Gasteiger partial charge >= 0.3 is 0 Å². The lowest BCUT2D eigenvalue weighted by Gasteiger charge is -2.41. The number of hydrogen-bond donors (Lipinski definition) is 1. The van der Waals surface area contributed by atoms with Crippen LogP contribution in [0, 0.1) is 5.92 Å². The highest BCUT2D eigenvalue weighted by molar-refractivity contribution is 6.30. The van der Waals surface area contributed by atoms with E-state index in [1.807, 2.05) is 12.1 Å². The van der Waals surface area contributed by atoms with Crippen LogP contribution >= 0.6 is 11.6 Å². The van der Waals surface area contributed by atoms with E-state index in [1.54, 1.807) is 0 Å². The topological polar surface area (TPSA) is 29.3 Å². The average Bonchev–Trinajstić information content (AvgIpc) is 2.38. The van der Waals surface area contributed by atoms with E-state index in [4.69, 9.17) is 17.3 Å². The average molecular weight is 267 g/mol. The minimum absolute atomic E-state index is 0.410. The fourth-order valence-corrected chi connectivity index (χ4v) is 3.10. The van der Waals surface area contributed by atoms with E-state index in [2.05, 4.69) is 30.9 Å². The van der Waals surface area contributed by atoms with Gasteiger partial charge in [0.1, 0.15) is 0 Å². The summed E-state index contributed by atoms with van der Waals surface area (Å²) in [5, 5.41) is 0.819. The Hall–Kier alpha value is -0.570. The van der Waals surface area contributed by atoms with Crippen LogP contribution in [0.15, 0.2) is 24.3 Å². The van der Waals surface area contributed by atoms with E-state index >= 15 is 0 Å². The second kappa shape index (κ2) is 6.05. The van der Waals surface area contributed by atoms with Crippen molar-refractivity contribution < 1.29 is 0 Å². The summed E-state index contributed by atoms with van der Waals surface area (Å²) >= 11 is 6.08. The second-order valence-electron chi connectivity index (χ2n) is 5.46. The number of rotatable bonds is 3. The third kappa shape index (κ3) is 3.05. The van der Waals surface area contributed by atoms with E-state index in [0.29, 0.717) is 18.0 Å². The molecule has 2 rings (SSSR count). The van der Waals surface area contributed by atoms with E-state index < -0.39 is 0 Å². The predicted molar refractivity (Wildman–Crippen MR) is 77.8 cm³/mol. The Morgan fingerprint density at radius 1 is 1.44 bits per heavy atom. The van der Waals surface area contributed by atoms with E-state index in [1.165, 1.54) is 18.4 Å². The number of hydrogen-bond acceptors (Lipinski definition) is 2. The van der Waals surface area contributed by atoms with Crippen molar-refractivity contribution in [2.24, 2.45) is 11.7 Å². The van der Waals surface area contributed by atoms with Gasteiger partial charge in [0.2, 0.25) is 0 Å². The molecule has 18 heavy (non-hydrogen) atoms. The molecule has 0 saturated carbocycles. The van der Waals surface area contributed by atoms with Crippen LogP contribution in [-0.2, 0) is 0 Å². The molecule has 1 saturated heterocycles. The fraction of sp³-hybridized carbons (Fsp3) is 0.600. The van der Waals surface area contributed by atoms with Crippen LogP contribution in [0.2, 0.25) is 5.02 Å². The van der Waals surface area contributed by atoms with Gasteiger partial charge in [0.05, 0.1) is 0 Å². The van der Waals surface area contributed by atoms with Gasteiger partial charge in [-0.15, -0.1) is 0 Å².